The summed E-state index contributed by atoms with van der Waals surface area (Å²) in [7, 11) is 0. The van der Waals surface area contributed by atoms with Crippen LogP contribution in [0.2, 0.25) is 0 Å². The van der Waals surface area contributed by atoms with Gasteiger partial charge in [-0.05, 0) is 68.4 Å². The van der Waals surface area contributed by atoms with Gasteiger partial charge < -0.3 is 9.84 Å². The average molecular weight is 316 g/mol. The van der Waals surface area contributed by atoms with Gasteiger partial charge in [0.1, 0.15) is 0 Å². The van der Waals surface area contributed by atoms with Crippen LogP contribution in [0.3, 0.4) is 0 Å². The number of carbonyl (C=O) groups excluding carboxylic acids is 1. The Bertz CT molecular complexity index is 522. The molecular weight excluding hydrogens is 288 g/mol. The first-order valence-corrected chi connectivity index (χ1v) is 9.11. The summed E-state index contributed by atoms with van der Waals surface area (Å²) in [6, 6.07) is 8.90. The third-order valence-electron chi connectivity index (χ3n) is 5.41. The van der Waals surface area contributed by atoms with Crippen molar-refractivity contribution in [3.63, 3.8) is 0 Å². The van der Waals surface area contributed by atoms with Crippen molar-refractivity contribution in [3.05, 3.63) is 35.4 Å². The summed E-state index contributed by atoms with van der Waals surface area (Å²) in [5, 5.41) is 9.82. The summed E-state index contributed by atoms with van der Waals surface area (Å²) >= 11 is 0. The predicted octanol–water partition coefficient (Wildman–Crippen LogP) is 3.84. The molecule has 1 unspecified atom stereocenters. The number of benzene rings is 1. The smallest absolute Gasteiger partial charge is 0.309 e. The van der Waals surface area contributed by atoms with Gasteiger partial charge in [0.25, 0.3) is 0 Å². The molecule has 0 radical (unpaired) electrons. The third-order valence-corrected chi connectivity index (χ3v) is 5.41. The fourth-order valence-electron chi connectivity index (χ4n) is 3.88. The number of hydrogen-bond acceptors (Lipinski definition) is 3. The molecule has 1 aromatic rings. The average Bonchev–Trinajstić information content (AvgIpc) is 3.33. The van der Waals surface area contributed by atoms with Crippen LogP contribution in [0.25, 0.3) is 0 Å². The zero-order chi connectivity index (χ0) is 16.2. The minimum atomic E-state index is -0.122. The van der Waals surface area contributed by atoms with Crippen molar-refractivity contribution in [2.75, 3.05) is 6.61 Å². The van der Waals surface area contributed by atoms with Gasteiger partial charge in [-0.15, -0.1) is 0 Å². The second-order valence-corrected chi connectivity index (χ2v) is 7.15. The molecule has 0 aromatic heterocycles. The molecule has 3 heteroatoms. The fourth-order valence-corrected chi connectivity index (χ4v) is 3.88. The Morgan fingerprint density at radius 1 is 1.22 bits per heavy atom. The molecule has 2 aliphatic carbocycles. The lowest BCUT2D eigenvalue weighted by atomic mass is 9.82. The SMILES string of the molecule is CCOC(=O)[C@@H]1CC1CCc1ccc([C@@H]2CCC[C@@H](O)C2)cc1. The van der Waals surface area contributed by atoms with Crippen molar-refractivity contribution in [1.82, 2.24) is 0 Å². The summed E-state index contributed by atoms with van der Waals surface area (Å²) < 4.78 is 5.08. The van der Waals surface area contributed by atoms with E-state index in [-0.39, 0.29) is 18.0 Å². The molecule has 2 aliphatic rings. The molecule has 2 saturated carbocycles. The number of carbonyl (C=O) groups is 1. The largest absolute Gasteiger partial charge is 0.466 e. The van der Waals surface area contributed by atoms with Crippen LogP contribution in [0.15, 0.2) is 24.3 Å². The molecule has 0 heterocycles. The second-order valence-electron chi connectivity index (χ2n) is 7.15. The first-order valence-electron chi connectivity index (χ1n) is 9.11. The second kappa shape index (κ2) is 7.48. The fraction of sp³-hybridized carbons (Fsp3) is 0.650. The van der Waals surface area contributed by atoms with E-state index in [1.165, 1.54) is 17.5 Å². The topological polar surface area (TPSA) is 46.5 Å². The van der Waals surface area contributed by atoms with E-state index in [9.17, 15) is 9.90 Å². The van der Waals surface area contributed by atoms with Crippen LogP contribution in [0.1, 0.15) is 62.5 Å². The van der Waals surface area contributed by atoms with Gasteiger partial charge in [-0.2, -0.15) is 0 Å². The van der Waals surface area contributed by atoms with Gasteiger partial charge in [-0.1, -0.05) is 30.7 Å². The number of ether oxygens (including phenoxy) is 1. The van der Waals surface area contributed by atoms with Gasteiger partial charge in [-0.25, -0.2) is 0 Å². The molecule has 23 heavy (non-hydrogen) atoms. The summed E-state index contributed by atoms with van der Waals surface area (Å²) in [4.78, 5) is 11.6. The Balaban J connectivity index is 1.46. The molecule has 3 nitrogen and oxygen atoms in total. The minimum Gasteiger partial charge on any atom is -0.466 e. The van der Waals surface area contributed by atoms with Crippen molar-refractivity contribution < 1.29 is 14.6 Å². The van der Waals surface area contributed by atoms with Gasteiger partial charge >= 0.3 is 5.97 Å². The highest BCUT2D eigenvalue weighted by atomic mass is 16.5. The molecule has 0 bridgehead atoms. The number of aliphatic hydroxyl groups is 1. The van der Waals surface area contributed by atoms with Crippen molar-refractivity contribution in [1.29, 1.82) is 0 Å². The molecule has 2 fully saturated rings. The first kappa shape index (κ1) is 16.5. The lowest BCUT2D eigenvalue weighted by Gasteiger charge is -2.26. The number of hydrogen-bond donors (Lipinski definition) is 1. The summed E-state index contributed by atoms with van der Waals surface area (Å²) in [6.07, 6.45) is 7.17. The van der Waals surface area contributed by atoms with Crippen LogP contribution in [-0.4, -0.2) is 23.8 Å². The summed E-state index contributed by atoms with van der Waals surface area (Å²) in [5.41, 5.74) is 2.71. The standard InChI is InChI=1S/C20H28O3/c1-2-23-20(22)19-13-17(19)11-8-14-6-9-15(10-7-14)16-4-3-5-18(21)12-16/h6-7,9-10,16-19,21H,2-5,8,11-13H2,1H3/t16-,17?,18-,19-/m1/s1. The van der Waals surface area contributed by atoms with E-state index in [0.29, 0.717) is 18.4 Å². The van der Waals surface area contributed by atoms with E-state index >= 15 is 0 Å². The molecule has 3 rings (SSSR count). The van der Waals surface area contributed by atoms with Gasteiger partial charge in [-0.3, -0.25) is 4.79 Å². The quantitative estimate of drug-likeness (QED) is 0.811. The van der Waals surface area contributed by atoms with Crippen LogP contribution in [0.5, 0.6) is 0 Å². The third kappa shape index (κ3) is 4.35. The van der Waals surface area contributed by atoms with Crippen molar-refractivity contribution in [3.8, 4) is 0 Å². The van der Waals surface area contributed by atoms with Crippen molar-refractivity contribution in [2.45, 2.75) is 63.9 Å². The lowest BCUT2D eigenvalue weighted by Crippen LogP contribution is -2.18. The Kier molecular flexibility index (Phi) is 5.37. The normalized spacial score (nSPS) is 30.0. The van der Waals surface area contributed by atoms with Crippen LogP contribution in [0.4, 0.5) is 0 Å². The monoisotopic (exact) mass is 316 g/mol. The minimum absolute atomic E-state index is 0.0105. The van der Waals surface area contributed by atoms with Crippen molar-refractivity contribution in [2.24, 2.45) is 11.8 Å². The Hall–Kier alpha value is -1.35. The Morgan fingerprint density at radius 2 is 2.00 bits per heavy atom. The van der Waals surface area contributed by atoms with Gasteiger partial charge in [0, 0.05) is 0 Å². The molecule has 0 saturated heterocycles. The zero-order valence-corrected chi connectivity index (χ0v) is 14.0. The molecule has 1 N–H and O–H groups in total. The van der Waals surface area contributed by atoms with Gasteiger partial charge in [0.05, 0.1) is 18.6 Å². The first-order chi connectivity index (χ1) is 11.2. The van der Waals surface area contributed by atoms with E-state index < -0.39 is 0 Å². The highest BCUT2D eigenvalue weighted by molar-refractivity contribution is 5.75. The molecule has 0 amide bonds. The van der Waals surface area contributed by atoms with E-state index in [0.717, 1.165) is 38.5 Å². The molecule has 0 aliphatic heterocycles. The zero-order valence-electron chi connectivity index (χ0n) is 14.0. The van der Waals surface area contributed by atoms with Gasteiger partial charge in [0.15, 0.2) is 0 Å². The molecular formula is C20H28O3. The maximum absolute atomic E-state index is 11.6. The number of esters is 1. The molecule has 0 spiro atoms. The highest BCUT2D eigenvalue weighted by Gasteiger charge is 2.43. The summed E-state index contributed by atoms with van der Waals surface area (Å²) in [5.74, 6) is 1.17. The highest BCUT2D eigenvalue weighted by Crippen LogP contribution is 2.43. The van der Waals surface area contributed by atoms with E-state index in [1.807, 2.05) is 6.92 Å². The predicted molar refractivity (Wildman–Crippen MR) is 90.2 cm³/mol. The number of aliphatic hydroxyl groups excluding tert-OH is 1. The molecule has 1 aromatic carbocycles. The Morgan fingerprint density at radius 3 is 2.70 bits per heavy atom. The van der Waals surface area contributed by atoms with Crippen molar-refractivity contribution >= 4 is 5.97 Å². The molecule has 126 valence electrons. The maximum atomic E-state index is 11.6. The number of rotatable bonds is 6. The molecule has 4 atom stereocenters. The van der Waals surface area contributed by atoms with Crippen LogP contribution in [0, 0.1) is 11.8 Å². The Labute approximate surface area is 139 Å². The van der Waals surface area contributed by atoms with Crippen LogP contribution in [-0.2, 0) is 16.0 Å². The van der Waals surface area contributed by atoms with Gasteiger partial charge in [0.2, 0.25) is 0 Å². The summed E-state index contributed by atoms with van der Waals surface area (Å²) in [6.45, 7) is 2.35. The van der Waals surface area contributed by atoms with E-state index in [4.69, 9.17) is 4.74 Å². The van der Waals surface area contributed by atoms with Crippen LogP contribution >= 0.6 is 0 Å². The number of aryl methyl sites for hydroxylation is 1. The van der Waals surface area contributed by atoms with E-state index in [1.54, 1.807) is 0 Å². The van der Waals surface area contributed by atoms with Crippen LogP contribution < -0.4 is 0 Å². The lowest BCUT2D eigenvalue weighted by molar-refractivity contribution is -0.145. The van der Waals surface area contributed by atoms with E-state index in [2.05, 4.69) is 24.3 Å². The maximum Gasteiger partial charge on any atom is 0.309 e.